The van der Waals surface area contributed by atoms with Gasteiger partial charge < -0.3 is 4.90 Å². The Morgan fingerprint density at radius 1 is 1.13 bits per heavy atom. The minimum absolute atomic E-state index is 0.0784. The van der Waals surface area contributed by atoms with Gasteiger partial charge >= 0.3 is 0 Å². The maximum Gasteiger partial charge on any atom is 0.261 e. The van der Waals surface area contributed by atoms with E-state index in [0.717, 1.165) is 10.5 Å². The lowest BCUT2D eigenvalue weighted by Gasteiger charge is -2.21. The predicted molar refractivity (Wildman–Crippen MR) is 88.1 cm³/mol. The van der Waals surface area contributed by atoms with Gasteiger partial charge in [-0.3, -0.25) is 19.3 Å². The first-order valence-corrected chi connectivity index (χ1v) is 7.46. The highest BCUT2D eigenvalue weighted by Gasteiger charge is 2.35. The fraction of sp³-hybridized carbons (Fsp3) is 0.278. The minimum Gasteiger partial charge on any atom is -0.335 e. The summed E-state index contributed by atoms with van der Waals surface area (Å²) in [6.07, 6.45) is 3.35. The number of carbonyl (C=O) groups excluding carboxylic acids is 3. The molecular formula is C18H20N2O3. The maximum atomic E-state index is 12.3. The van der Waals surface area contributed by atoms with E-state index in [1.54, 1.807) is 35.3 Å². The Kier molecular flexibility index (Phi) is 5.11. The molecule has 1 heterocycles. The summed E-state index contributed by atoms with van der Waals surface area (Å²) >= 11 is 0. The highest BCUT2D eigenvalue weighted by molar-refractivity contribution is 6.21. The van der Waals surface area contributed by atoms with Crippen molar-refractivity contribution in [2.24, 2.45) is 0 Å². The van der Waals surface area contributed by atoms with Crippen LogP contribution in [0.3, 0.4) is 0 Å². The second kappa shape index (κ2) is 7.05. The molecule has 0 unspecified atom stereocenters. The molecule has 5 nitrogen and oxygen atoms in total. The topological polar surface area (TPSA) is 57.7 Å². The van der Waals surface area contributed by atoms with E-state index in [9.17, 15) is 14.4 Å². The smallest absolute Gasteiger partial charge is 0.261 e. The number of amides is 3. The molecule has 0 fully saturated rings. The molecule has 2 rings (SSSR count). The van der Waals surface area contributed by atoms with Crippen molar-refractivity contribution in [3.8, 4) is 0 Å². The molecule has 0 aliphatic carbocycles. The summed E-state index contributed by atoms with van der Waals surface area (Å²) in [6.45, 7) is 9.99. The molecule has 0 bridgehead atoms. The fourth-order valence-corrected chi connectivity index (χ4v) is 2.56. The SMILES string of the molecule is C=CCN(CC=C)C(=O)CCN1C(=O)c2ccc(C)cc2C1=O. The van der Waals surface area contributed by atoms with Crippen molar-refractivity contribution in [2.45, 2.75) is 13.3 Å². The molecule has 1 aliphatic rings. The summed E-state index contributed by atoms with van der Waals surface area (Å²) in [4.78, 5) is 39.6. The van der Waals surface area contributed by atoms with E-state index in [-0.39, 0.29) is 30.7 Å². The third-order valence-electron chi connectivity index (χ3n) is 3.73. The van der Waals surface area contributed by atoms with Crippen LogP contribution in [-0.2, 0) is 4.79 Å². The fourth-order valence-electron chi connectivity index (χ4n) is 2.56. The van der Waals surface area contributed by atoms with Crippen LogP contribution in [0.15, 0.2) is 43.5 Å². The number of aryl methyl sites for hydroxylation is 1. The van der Waals surface area contributed by atoms with Gasteiger partial charge in [0.15, 0.2) is 0 Å². The van der Waals surface area contributed by atoms with E-state index in [1.165, 1.54) is 0 Å². The van der Waals surface area contributed by atoms with Gasteiger partial charge in [0, 0.05) is 26.1 Å². The van der Waals surface area contributed by atoms with Crippen LogP contribution in [0.5, 0.6) is 0 Å². The second-order valence-corrected chi connectivity index (χ2v) is 5.44. The molecule has 120 valence electrons. The third-order valence-corrected chi connectivity index (χ3v) is 3.73. The molecule has 5 heteroatoms. The average Bonchev–Trinajstić information content (AvgIpc) is 2.76. The van der Waals surface area contributed by atoms with Crippen LogP contribution in [0.1, 0.15) is 32.7 Å². The van der Waals surface area contributed by atoms with Gasteiger partial charge in [0.25, 0.3) is 11.8 Å². The van der Waals surface area contributed by atoms with Crippen LogP contribution in [0.2, 0.25) is 0 Å². The zero-order valence-electron chi connectivity index (χ0n) is 13.2. The summed E-state index contributed by atoms with van der Waals surface area (Å²) in [6, 6.07) is 5.17. The van der Waals surface area contributed by atoms with E-state index >= 15 is 0 Å². The Labute approximate surface area is 135 Å². The lowest BCUT2D eigenvalue weighted by molar-refractivity contribution is -0.130. The normalized spacial score (nSPS) is 13.0. The number of nitrogens with zero attached hydrogens (tertiary/aromatic N) is 2. The van der Waals surface area contributed by atoms with E-state index in [1.807, 2.05) is 6.92 Å². The molecule has 23 heavy (non-hydrogen) atoms. The van der Waals surface area contributed by atoms with Crippen LogP contribution < -0.4 is 0 Å². The van der Waals surface area contributed by atoms with Crippen molar-refractivity contribution in [2.75, 3.05) is 19.6 Å². The Bertz CT molecular complexity index is 669. The monoisotopic (exact) mass is 312 g/mol. The zero-order valence-corrected chi connectivity index (χ0v) is 13.2. The summed E-state index contributed by atoms with van der Waals surface area (Å²) in [5.41, 5.74) is 1.74. The van der Waals surface area contributed by atoms with Crippen molar-refractivity contribution in [3.63, 3.8) is 0 Å². The number of hydrogen-bond acceptors (Lipinski definition) is 3. The minimum atomic E-state index is -0.336. The van der Waals surface area contributed by atoms with Gasteiger partial charge in [0.05, 0.1) is 11.1 Å². The largest absolute Gasteiger partial charge is 0.335 e. The second-order valence-electron chi connectivity index (χ2n) is 5.44. The Morgan fingerprint density at radius 2 is 1.74 bits per heavy atom. The third kappa shape index (κ3) is 3.39. The molecule has 1 aromatic carbocycles. The highest BCUT2D eigenvalue weighted by Crippen LogP contribution is 2.24. The Balaban J connectivity index is 2.06. The molecule has 0 N–H and O–H groups in total. The van der Waals surface area contributed by atoms with Crippen molar-refractivity contribution in [1.29, 1.82) is 0 Å². The van der Waals surface area contributed by atoms with E-state index < -0.39 is 0 Å². The van der Waals surface area contributed by atoms with Crippen LogP contribution >= 0.6 is 0 Å². The summed E-state index contributed by atoms with van der Waals surface area (Å²) in [5.74, 6) is -0.810. The molecule has 0 radical (unpaired) electrons. The summed E-state index contributed by atoms with van der Waals surface area (Å²) < 4.78 is 0. The first-order chi connectivity index (χ1) is 11.0. The highest BCUT2D eigenvalue weighted by atomic mass is 16.2. The van der Waals surface area contributed by atoms with Crippen molar-refractivity contribution in [3.05, 3.63) is 60.2 Å². The summed E-state index contributed by atoms with van der Waals surface area (Å²) in [5, 5.41) is 0. The van der Waals surface area contributed by atoms with E-state index in [0.29, 0.717) is 24.2 Å². The van der Waals surface area contributed by atoms with Crippen LogP contribution in [-0.4, -0.2) is 47.2 Å². The van der Waals surface area contributed by atoms with Gasteiger partial charge in [-0.05, 0) is 19.1 Å². The van der Waals surface area contributed by atoms with Crippen molar-refractivity contribution in [1.82, 2.24) is 9.80 Å². The Hall–Kier alpha value is -2.69. The Morgan fingerprint density at radius 3 is 2.35 bits per heavy atom. The first kappa shape index (κ1) is 16.7. The van der Waals surface area contributed by atoms with Gasteiger partial charge in [-0.15, -0.1) is 13.2 Å². The molecule has 0 spiro atoms. The number of benzene rings is 1. The summed E-state index contributed by atoms with van der Waals surface area (Å²) in [7, 11) is 0. The van der Waals surface area contributed by atoms with Crippen LogP contribution in [0.4, 0.5) is 0 Å². The molecule has 1 aromatic rings. The quantitative estimate of drug-likeness (QED) is 0.573. The van der Waals surface area contributed by atoms with Gasteiger partial charge in [0.1, 0.15) is 0 Å². The molecule has 0 saturated heterocycles. The molecule has 0 atom stereocenters. The van der Waals surface area contributed by atoms with E-state index in [4.69, 9.17) is 0 Å². The standard InChI is InChI=1S/C18H20N2O3/c1-4-9-19(10-5-2)16(21)8-11-20-17(22)14-7-6-13(3)12-15(14)18(20)23/h4-7,12H,1-2,8-11H2,3H3. The van der Waals surface area contributed by atoms with Gasteiger partial charge in [-0.25, -0.2) is 0 Å². The lowest BCUT2D eigenvalue weighted by atomic mass is 10.1. The molecule has 3 amide bonds. The predicted octanol–water partition coefficient (Wildman–Crippen LogP) is 2.18. The number of rotatable bonds is 7. The average molecular weight is 312 g/mol. The van der Waals surface area contributed by atoms with Crippen molar-refractivity contribution < 1.29 is 14.4 Å². The number of fused-ring (bicyclic) bond motifs is 1. The molecular weight excluding hydrogens is 292 g/mol. The number of imide groups is 1. The van der Waals surface area contributed by atoms with Crippen LogP contribution in [0, 0.1) is 6.92 Å². The van der Waals surface area contributed by atoms with Crippen molar-refractivity contribution >= 4 is 17.7 Å². The maximum absolute atomic E-state index is 12.3. The molecule has 0 saturated carbocycles. The first-order valence-electron chi connectivity index (χ1n) is 7.46. The lowest BCUT2D eigenvalue weighted by Crippen LogP contribution is -2.37. The van der Waals surface area contributed by atoms with Crippen LogP contribution in [0.25, 0.3) is 0 Å². The molecule has 0 aromatic heterocycles. The number of carbonyl (C=O) groups is 3. The van der Waals surface area contributed by atoms with Gasteiger partial charge in [-0.2, -0.15) is 0 Å². The molecule has 1 aliphatic heterocycles. The zero-order chi connectivity index (χ0) is 17.0. The van der Waals surface area contributed by atoms with Gasteiger partial charge in [0.2, 0.25) is 5.91 Å². The number of hydrogen-bond donors (Lipinski definition) is 0. The van der Waals surface area contributed by atoms with Gasteiger partial charge in [-0.1, -0.05) is 23.8 Å². The van der Waals surface area contributed by atoms with E-state index in [2.05, 4.69) is 13.2 Å².